The third kappa shape index (κ3) is 7.29. The molecule has 3 rings (SSSR count). The third-order valence-electron chi connectivity index (χ3n) is 5.40. The molecule has 1 heterocycles. The van der Waals surface area contributed by atoms with Crippen LogP contribution in [0, 0.1) is 24.6 Å². The standard InChI is InChI=1S/C28H27FNO5P/c1-18(2)28-23(10-7-13-35-36(34)17-22(31)15-27(32)33)24(21-11-12-25(29)19(3)14-21)16-26(30-28)20-8-5-4-6-9-20/h4-6,8-9,11-12,14,16,18,22,31H,13,15,17H2,1-3H3/p+1. The molecule has 8 heteroatoms. The van der Waals surface area contributed by atoms with Crippen molar-refractivity contribution in [3.8, 4) is 34.2 Å². The van der Waals surface area contributed by atoms with Crippen molar-refractivity contribution in [2.75, 3.05) is 12.8 Å². The first-order chi connectivity index (χ1) is 17.2. The summed E-state index contributed by atoms with van der Waals surface area (Å²) in [6.07, 6.45) is -2.04. The van der Waals surface area contributed by atoms with E-state index in [1.54, 1.807) is 19.1 Å². The van der Waals surface area contributed by atoms with Crippen molar-refractivity contribution in [2.24, 2.45) is 0 Å². The molecule has 0 radical (unpaired) electrons. The van der Waals surface area contributed by atoms with E-state index in [4.69, 9.17) is 14.6 Å². The maximum absolute atomic E-state index is 14.0. The highest BCUT2D eigenvalue weighted by molar-refractivity contribution is 7.39. The van der Waals surface area contributed by atoms with Gasteiger partial charge in [-0.1, -0.05) is 62.1 Å². The van der Waals surface area contributed by atoms with Gasteiger partial charge in [0.2, 0.25) is 6.16 Å². The number of pyridine rings is 1. The Kier molecular flexibility index (Phi) is 9.44. The van der Waals surface area contributed by atoms with Crippen LogP contribution in [0.15, 0.2) is 54.6 Å². The first-order valence-electron chi connectivity index (χ1n) is 11.5. The molecule has 0 fully saturated rings. The van der Waals surface area contributed by atoms with Crippen LogP contribution in [0.4, 0.5) is 4.39 Å². The van der Waals surface area contributed by atoms with Gasteiger partial charge in [0.25, 0.3) is 0 Å². The predicted octanol–water partition coefficient (Wildman–Crippen LogP) is 5.93. The van der Waals surface area contributed by atoms with Crippen LogP contribution in [-0.2, 0) is 13.9 Å². The number of benzene rings is 2. The fourth-order valence-corrected chi connectivity index (χ4v) is 4.42. The lowest BCUT2D eigenvalue weighted by atomic mass is 9.92. The Morgan fingerprint density at radius 3 is 2.50 bits per heavy atom. The molecule has 0 saturated heterocycles. The van der Waals surface area contributed by atoms with E-state index in [1.807, 2.05) is 50.2 Å². The van der Waals surface area contributed by atoms with Gasteiger partial charge in [-0.05, 0) is 46.7 Å². The fraction of sp³-hybridized carbons (Fsp3) is 0.286. The molecule has 1 aromatic heterocycles. The van der Waals surface area contributed by atoms with Gasteiger partial charge in [0.15, 0.2) is 6.61 Å². The smallest absolute Gasteiger partial charge is 0.481 e. The molecule has 3 aromatic rings. The number of aromatic nitrogens is 1. The molecule has 0 aliphatic rings. The van der Waals surface area contributed by atoms with Crippen molar-refractivity contribution in [2.45, 2.75) is 39.2 Å². The molecule has 0 aliphatic carbocycles. The van der Waals surface area contributed by atoms with Crippen LogP contribution >= 0.6 is 8.03 Å². The van der Waals surface area contributed by atoms with Crippen molar-refractivity contribution >= 4 is 14.0 Å². The minimum absolute atomic E-state index is 0.0296. The Morgan fingerprint density at radius 2 is 1.86 bits per heavy atom. The molecule has 0 aliphatic heterocycles. The minimum atomic E-state index is -2.27. The Balaban J connectivity index is 1.99. The Hall–Kier alpha value is -3.43. The lowest BCUT2D eigenvalue weighted by Gasteiger charge is -2.16. The van der Waals surface area contributed by atoms with Crippen LogP contribution in [0.3, 0.4) is 0 Å². The van der Waals surface area contributed by atoms with E-state index in [-0.39, 0.29) is 24.5 Å². The Bertz CT molecular complexity index is 1310. The van der Waals surface area contributed by atoms with Crippen molar-refractivity contribution in [3.05, 3.63) is 77.2 Å². The zero-order valence-corrected chi connectivity index (χ0v) is 21.3. The summed E-state index contributed by atoms with van der Waals surface area (Å²) in [5.41, 5.74) is 5.25. The van der Waals surface area contributed by atoms with Crippen LogP contribution in [0.2, 0.25) is 0 Å². The summed E-state index contributed by atoms with van der Waals surface area (Å²) in [6, 6.07) is 16.6. The molecule has 186 valence electrons. The first-order valence-corrected chi connectivity index (χ1v) is 12.8. The quantitative estimate of drug-likeness (QED) is 0.275. The van der Waals surface area contributed by atoms with Gasteiger partial charge in [0.05, 0.1) is 23.4 Å². The number of rotatable bonds is 9. The van der Waals surface area contributed by atoms with E-state index in [0.717, 1.165) is 28.1 Å². The van der Waals surface area contributed by atoms with E-state index >= 15 is 0 Å². The largest absolute Gasteiger partial charge is 0.511 e. The summed E-state index contributed by atoms with van der Waals surface area (Å²) < 4.78 is 31.3. The zero-order valence-electron chi connectivity index (χ0n) is 20.4. The molecule has 36 heavy (non-hydrogen) atoms. The molecule has 2 aromatic carbocycles. The predicted molar refractivity (Wildman–Crippen MR) is 137 cm³/mol. The van der Waals surface area contributed by atoms with Gasteiger partial charge in [0.1, 0.15) is 11.9 Å². The number of carboxylic acids is 1. The monoisotopic (exact) mass is 508 g/mol. The second kappa shape index (κ2) is 12.5. The van der Waals surface area contributed by atoms with Gasteiger partial charge in [-0.25, -0.2) is 4.39 Å². The van der Waals surface area contributed by atoms with E-state index < -0.39 is 26.5 Å². The van der Waals surface area contributed by atoms with E-state index in [1.165, 1.54) is 6.07 Å². The fourth-order valence-electron chi connectivity index (χ4n) is 3.63. The summed E-state index contributed by atoms with van der Waals surface area (Å²) in [5.74, 6) is 4.52. The van der Waals surface area contributed by atoms with Gasteiger partial charge < -0.3 is 10.2 Å². The molecule has 2 unspecified atom stereocenters. The number of carbonyl (C=O) groups is 1. The van der Waals surface area contributed by atoms with Gasteiger partial charge in [-0.3, -0.25) is 9.78 Å². The summed E-state index contributed by atoms with van der Waals surface area (Å²) >= 11 is 0. The maximum Gasteiger partial charge on any atom is 0.511 e. The van der Waals surface area contributed by atoms with Crippen LogP contribution in [-0.4, -0.2) is 40.0 Å². The number of aliphatic hydroxyl groups excluding tert-OH is 1. The maximum atomic E-state index is 14.0. The Morgan fingerprint density at radius 1 is 1.14 bits per heavy atom. The summed E-state index contributed by atoms with van der Waals surface area (Å²) in [7, 11) is -2.27. The number of nitrogens with zero attached hydrogens (tertiary/aromatic N) is 1. The van der Waals surface area contributed by atoms with Crippen molar-refractivity contribution in [1.82, 2.24) is 4.98 Å². The Labute approximate surface area is 211 Å². The molecule has 0 saturated carbocycles. The van der Waals surface area contributed by atoms with Gasteiger partial charge in [-0.15, -0.1) is 4.52 Å². The van der Waals surface area contributed by atoms with Crippen molar-refractivity contribution < 1.29 is 28.5 Å². The molecular formula is C28H28FNO5P+. The third-order valence-corrected chi connectivity index (χ3v) is 6.53. The SMILES string of the molecule is Cc1cc(-c2cc(-c3ccccc3)nc(C(C)C)c2C#CCO[P+](=O)CC(O)CC(=O)O)ccc1F. The number of hydrogen-bond acceptors (Lipinski definition) is 5. The highest BCUT2D eigenvalue weighted by Crippen LogP contribution is 2.33. The number of aliphatic hydroxyl groups is 1. The van der Waals surface area contributed by atoms with E-state index in [2.05, 4.69) is 11.8 Å². The highest BCUT2D eigenvalue weighted by Gasteiger charge is 2.25. The molecule has 2 atom stereocenters. The number of carboxylic acid groups (broad SMARTS) is 1. The number of hydrogen-bond donors (Lipinski definition) is 2. The summed E-state index contributed by atoms with van der Waals surface area (Å²) in [5, 5.41) is 18.3. The second-order valence-corrected chi connectivity index (χ2v) is 9.93. The van der Waals surface area contributed by atoms with E-state index in [9.17, 15) is 18.9 Å². The lowest BCUT2D eigenvalue weighted by molar-refractivity contribution is -0.138. The van der Waals surface area contributed by atoms with Crippen LogP contribution in [0.5, 0.6) is 0 Å². The van der Waals surface area contributed by atoms with Crippen LogP contribution < -0.4 is 0 Å². The molecular weight excluding hydrogens is 480 g/mol. The summed E-state index contributed by atoms with van der Waals surface area (Å²) in [4.78, 5) is 15.5. The van der Waals surface area contributed by atoms with Crippen molar-refractivity contribution in [3.63, 3.8) is 0 Å². The minimum Gasteiger partial charge on any atom is -0.481 e. The van der Waals surface area contributed by atoms with Gasteiger partial charge >= 0.3 is 14.0 Å². The number of aryl methyl sites for hydroxylation is 1. The van der Waals surface area contributed by atoms with Crippen LogP contribution in [0.25, 0.3) is 22.4 Å². The number of halogens is 1. The molecule has 2 N–H and O–H groups in total. The van der Waals surface area contributed by atoms with Gasteiger partial charge in [-0.2, -0.15) is 0 Å². The molecule has 0 amide bonds. The van der Waals surface area contributed by atoms with Crippen molar-refractivity contribution in [1.29, 1.82) is 0 Å². The average molecular weight is 509 g/mol. The van der Waals surface area contributed by atoms with Crippen LogP contribution in [0.1, 0.15) is 43.0 Å². The number of aliphatic carboxylic acids is 1. The molecule has 0 spiro atoms. The molecule has 6 nitrogen and oxygen atoms in total. The lowest BCUT2D eigenvalue weighted by Crippen LogP contribution is -2.15. The van der Waals surface area contributed by atoms with E-state index in [0.29, 0.717) is 11.1 Å². The topological polar surface area (TPSA) is 96.7 Å². The summed E-state index contributed by atoms with van der Waals surface area (Å²) in [6.45, 7) is 5.56. The second-order valence-electron chi connectivity index (χ2n) is 8.64. The highest BCUT2D eigenvalue weighted by atomic mass is 31.1. The zero-order chi connectivity index (χ0) is 26.2. The normalized spacial score (nSPS) is 12.1. The first kappa shape index (κ1) is 27.2. The van der Waals surface area contributed by atoms with Gasteiger partial charge in [0, 0.05) is 11.1 Å². The molecule has 0 bridgehead atoms. The average Bonchev–Trinajstić information content (AvgIpc) is 2.83.